The maximum atomic E-state index is 12.9. The molecule has 2 atom stereocenters. The zero-order valence-corrected chi connectivity index (χ0v) is 16.0. The molecule has 2 unspecified atom stereocenters. The van der Waals surface area contributed by atoms with Gasteiger partial charge in [0.05, 0.1) is 12.2 Å². The lowest BCUT2D eigenvalue weighted by Gasteiger charge is -2.23. The van der Waals surface area contributed by atoms with E-state index in [1.54, 1.807) is 6.07 Å². The molecule has 4 nitrogen and oxygen atoms in total. The summed E-state index contributed by atoms with van der Waals surface area (Å²) >= 11 is 5.21. The van der Waals surface area contributed by atoms with Crippen LogP contribution < -0.4 is 5.32 Å². The van der Waals surface area contributed by atoms with Crippen LogP contribution in [0, 0.1) is 0 Å². The summed E-state index contributed by atoms with van der Waals surface area (Å²) in [6.07, 6.45) is -4.71. The number of hydrogen-bond donors (Lipinski definition) is 1. The van der Waals surface area contributed by atoms with Gasteiger partial charge in [-0.2, -0.15) is 13.2 Å². The first-order valence-corrected chi connectivity index (χ1v) is 9.02. The number of carbonyl (C=O) groups is 1. The molecule has 1 N–H and O–H groups in total. The highest BCUT2D eigenvalue weighted by atomic mass is 35.5. The summed E-state index contributed by atoms with van der Waals surface area (Å²) in [6, 6.07) is 14.3. The largest absolute Gasteiger partial charge is 0.449 e. The molecular weight excluding hydrogens is 395 g/mol. The summed E-state index contributed by atoms with van der Waals surface area (Å²) < 4.78 is 49.1. The molecule has 0 aliphatic heterocycles. The molecule has 0 fully saturated rings. The van der Waals surface area contributed by atoms with Crippen molar-refractivity contribution in [1.82, 2.24) is 5.32 Å². The van der Waals surface area contributed by atoms with Gasteiger partial charge in [-0.25, -0.2) is 4.79 Å². The van der Waals surface area contributed by atoms with Crippen LogP contribution in [-0.2, 0) is 28.7 Å². The molecule has 0 amide bonds. The molecule has 2 aromatic rings. The van der Waals surface area contributed by atoms with E-state index in [0.29, 0.717) is 12.0 Å². The van der Waals surface area contributed by atoms with Crippen molar-refractivity contribution in [3.05, 3.63) is 71.3 Å². The molecule has 2 rings (SSSR count). The molecule has 8 heteroatoms. The molecule has 0 saturated heterocycles. The van der Waals surface area contributed by atoms with E-state index in [1.807, 2.05) is 37.3 Å². The van der Waals surface area contributed by atoms with Crippen LogP contribution >= 0.6 is 11.6 Å². The molecule has 0 aliphatic rings. The van der Waals surface area contributed by atoms with Gasteiger partial charge < -0.3 is 9.47 Å². The van der Waals surface area contributed by atoms with Gasteiger partial charge >= 0.3 is 11.6 Å². The Morgan fingerprint density at radius 2 is 1.79 bits per heavy atom. The molecule has 0 saturated carbocycles. The van der Waals surface area contributed by atoms with Crippen molar-refractivity contribution in [2.24, 2.45) is 0 Å². The van der Waals surface area contributed by atoms with Gasteiger partial charge in [-0.1, -0.05) is 48.5 Å². The van der Waals surface area contributed by atoms with Crippen molar-refractivity contribution in [1.29, 1.82) is 0 Å². The van der Waals surface area contributed by atoms with Gasteiger partial charge in [-0.3, -0.25) is 5.32 Å². The van der Waals surface area contributed by atoms with Gasteiger partial charge in [-0.15, -0.1) is 0 Å². The Morgan fingerprint density at radius 3 is 2.43 bits per heavy atom. The van der Waals surface area contributed by atoms with Crippen molar-refractivity contribution in [2.45, 2.75) is 38.4 Å². The zero-order chi connectivity index (χ0) is 20.6. The fourth-order valence-electron chi connectivity index (χ4n) is 2.66. The predicted molar refractivity (Wildman–Crippen MR) is 100.0 cm³/mol. The van der Waals surface area contributed by atoms with Gasteiger partial charge in [0.2, 0.25) is 0 Å². The van der Waals surface area contributed by atoms with Crippen molar-refractivity contribution >= 4 is 17.0 Å². The molecule has 0 aliphatic carbocycles. The summed E-state index contributed by atoms with van der Waals surface area (Å²) in [5, 5.41) is 3.11. The molecule has 152 valence electrons. The molecule has 0 aromatic heterocycles. The minimum atomic E-state index is -4.39. The van der Waals surface area contributed by atoms with Gasteiger partial charge in [-0.05, 0) is 30.5 Å². The van der Waals surface area contributed by atoms with Crippen LogP contribution in [0.3, 0.4) is 0 Å². The summed E-state index contributed by atoms with van der Waals surface area (Å²) in [4.78, 5) is 10.9. The van der Waals surface area contributed by atoms with Crippen molar-refractivity contribution in [3.63, 3.8) is 0 Å². The first-order chi connectivity index (χ1) is 13.2. The van der Waals surface area contributed by atoms with E-state index in [0.717, 1.165) is 17.7 Å². The molecule has 2 aromatic carbocycles. The second-order valence-corrected chi connectivity index (χ2v) is 6.61. The van der Waals surface area contributed by atoms with Gasteiger partial charge in [0.15, 0.2) is 0 Å². The van der Waals surface area contributed by atoms with Crippen molar-refractivity contribution in [2.75, 3.05) is 6.61 Å². The smallest absolute Gasteiger partial charge is 0.416 e. The number of ether oxygens (including phenoxy) is 2. The number of benzene rings is 2. The van der Waals surface area contributed by atoms with Crippen molar-refractivity contribution < 1.29 is 27.4 Å². The first kappa shape index (κ1) is 22.2. The van der Waals surface area contributed by atoms with Crippen LogP contribution in [0.25, 0.3) is 0 Å². The van der Waals surface area contributed by atoms with E-state index >= 15 is 0 Å². The number of carbonyl (C=O) groups excluding carboxylic acids is 1. The minimum absolute atomic E-state index is 0.123. The van der Waals surface area contributed by atoms with E-state index in [-0.39, 0.29) is 19.3 Å². The molecule has 0 radical (unpaired) electrons. The first-order valence-electron chi connectivity index (χ1n) is 8.64. The Labute approximate surface area is 166 Å². The van der Waals surface area contributed by atoms with Crippen LogP contribution in [0.15, 0.2) is 54.6 Å². The predicted octanol–water partition coefficient (Wildman–Crippen LogP) is 5.14. The van der Waals surface area contributed by atoms with E-state index in [9.17, 15) is 18.0 Å². The van der Waals surface area contributed by atoms with E-state index in [1.165, 1.54) is 6.07 Å². The molecule has 0 spiro atoms. The molecule has 0 bridgehead atoms. The third-order valence-corrected chi connectivity index (χ3v) is 4.02. The number of hydrogen-bond acceptors (Lipinski definition) is 4. The second kappa shape index (κ2) is 10.5. The summed E-state index contributed by atoms with van der Waals surface area (Å²) in [5.74, 6) is 0. The standard InChI is InChI=1S/C20H21ClF3NO3/c1-14(10-16-8-5-9-17(11-16)20(22,23)24)25-18(13-28-19(21)26)27-12-15-6-3-2-4-7-15/h2-9,11,14,18,25H,10,12-13H2,1H3. The van der Waals surface area contributed by atoms with Crippen molar-refractivity contribution in [3.8, 4) is 0 Å². The highest BCUT2D eigenvalue weighted by molar-refractivity contribution is 6.61. The molecular formula is C20H21ClF3NO3. The Hall–Kier alpha value is -2.09. The highest BCUT2D eigenvalue weighted by Crippen LogP contribution is 2.29. The Balaban J connectivity index is 1.96. The maximum Gasteiger partial charge on any atom is 0.416 e. The fraction of sp³-hybridized carbons (Fsp3) is 0.350. The summed E-state index contributed by atoms with van der Waals surface area (Å²) in [7, 11) is 0. The SMILES string of the molecule is CC(Cc1cccc(C(F)(F)F)c1)NC(COC(=O)Cl)OCc1ccccc1. The third-order valence-electron chi connectivity index (χ3n) is 3.91. The Morgan fingerprint density at radius 1 is 1.11 bits per heavy atom. The van der Waals surface area contributed by atoms with Gasteiger partial charge in [0.25, 0.3) is 0 Å². The van der Waals surface area contributed by atoms with E-state index in [4.69, 9.17) is 21.1 Å². The lowest BCUT2D eigenvalue weighted by Crippen LogP contribution is -2.42. The maximum absolute atomic E-state index is 12.9. The zero-order valence-electron chi connectivity index (χ0n) is 15.2. The monoisotopic (exact) mass is 415 g/mol. The second-order valence-electron chi connectivity index (χ2n) is 6.30. The number of alkyl halides is 3. The Kier molecular flexibility index (Phi) is 8.29. The van der Waals surface area contributed by atoms with Crippen LogP contribution in [0.5, 0.6) is 0 Å². The van der Waals surface area contributed by atoms with Crippen LogP contribution in [0.4, 0.5) is 18.0 Å². The third kappa shape index (κ3) is 7.88. The quantitative estimate of drug-likeness (QED) is 0.455. The average Bonchev–Trinajstić information content (AvgIpc) is 2.64. The van der Waals surface area contributed by atoms with Crippen LogP contribution in [-0.4, -0.2) is 24.3 Å². The molecule has 28 heavy (non-hydrogen) atoms. The van der Waals surface area contributed by atoms with E-state index in [2.05, 4.69) is 5.32 Å². The highest BCUT2D eigenvalue weighted by Gasteiger charge is 2.30. The Bertz CT molecular complexity index is 756. The summed E-state index contributed by atoms with van der Waals surface area (Å²) in [6.45, 7) is 1.96. The van der Waals surface area contributed by atoms with Gasteiger partial charge in [0, 0.05) is 17.6 Å². The fourth-order valence-corrected chi connectivity index (χ4v) is 2.72. The van der Waals surface area contributed by atoms with E-state index < -0.39 is 23.4 Å². The van der Waals surface area contributed by atoms with Crippen LogP contribution in [0.2, 0.25) is 0 Å². The minimum Gasteiger partial charge on any atom is -0.449 e. The summed E-state index contributed by atoms with van der Waals surface area (Å²) in [5.41, 5.74) is -0.186. The number of nitrogens with one attached hydrogen (secondary N) is 1. The normalized spacial score (nSPS) is 13.8. The lowest BCUT2D eigenvalue weighted by molar-refractivity contribution is -0.137. The average molecular weight is 416 g/mol. The molecule has 0 heterocycles. The van der Waals surface area contributed by atoms with Crippen LogP contribution in [0.1, 0.15) is 23.6 Å². The number of rotatable bonds is 9. The number of halogens is 4. The lowest BCUT2D eigenvalue weighted by atomic mass is 10.0. The van der Waals surface area contributed by atoms with Gasteiger partial charge in [0.1, 0.15) is 12.8 Å². The topological polar surface area (TPSA) is 47.6 Å².